The molecule has 6 aromatic carbocycles. The molecule has 254 valence electrons. The highest BCUT2D eigenvalue weighted by Gasteiger charge is 2.27. The van der Waals surface area contributed by atoms with Crippen molar-refractivity contribution in [3.05, 3.63) is 193 Å². The highest BCUT2D eigenvalue weighted by Crippen LogP contribution is 2.43. The summed E-state index contributed by atoms with van der Waals surface area (Å²) in [7, 11) is 0. The Kier molecular flexibility index (Phi) is 7.36. The van der Waals surface area contributed by atoms with Crippen LogP contribution in [0, 0.1) is 5.92 Å². The van der Waals surface area contributed by atoms with Crippen molar-refractivity contribution in [2.24, 2.45) is 10.9 Å². The predicted molar refractivity (Wildman–Crippen MR) is 225 cm³/mol. The van der Waals surface area contributed by atoms with Crippen LogP contribution in [-0.4, -0.2) is 16.9 Å². The zero-order valence-corrected chi connectivity index (χ0v) is 29.7. The van der Waals surface area contributed by atoms with Gasteiger partial charge in [-0.25, -0.2) is 4.99 Å². The SMILES string of the molecule is C=C1/C=C(c2ccc3c(c2)c2ccccc2n3N2CC(C3=CC=CC(C)C3)=Nc3ccccc32)\C=C/N(c2ccccc2)c2ccc3ccccc3c21. The van der Waals surface area contributed by atoms with Gasteiger partial charge >= 0.3 is 0 Å². The van der Waals surface area contributed by atoms with Crippen LogP contribution in [0.4, 0.5) is 22.7 Å². The number of nitrogens with zero attached hydrogens (tertiary/aromatic N) is 4. The van der Waals surface area contributed by atoms with Gasteiger partial charge in [0.05, 0.1) is 40.4 Å². The number of benzene rings is 6. The summed E-state index contributed by atoms with van der Waals surface area (Å²) in [5.41, 5.74) is 13.5. The smallest absolute Gasteiger partial charge is 0.0886 e. The second-order valence-electron chi connectivity index (χ2n) is 14.3. The number of rotatable bonds is 4. The Labute approximate surface area is 309 Å². The van der Waals surface area contributed by atoms with E-state index in [1.54, 1.807) is 0 Å². The van der Waals surface area contributed by atoms with E-state index in [0.29, 0.717) is 12.5 Å². The van der Waals surface area contributed by atoms with Crippen LogP contribution in [-0.2, 0) is 0 Å². The van der Waals surface area contributed by atoms with Crippen LogP contribution in [0.1, 0.15) is 24.5 Å². The summed E-state index contributed by atoms with van der Waals surface area (Å²) in [5.74, 6) is 0.495. The van der Waals surface area contributed by atoms with E-state index in [9.17, 15) is 0 Å². The second kappa shape index (κ2) is 12.5. The molecule has 0 saturated heterocycles. The van der Waals surface area contributed by atoms with Crippen molar-refractivity contribution < 1.29 is 0 Å². The van der Waals surface area contributed by atoms with Gasteiger partial charge in [0.15, 0.2) is 0 Å². The van der Waals surface area contributed by atoms with Crippen LogP contribution >= 0.6 is 0 Å². The van der Waals surface area contributed by atoms with Gasteiger partial charge < -0.3 is 4.90 Å². The van der Waals surface area contributed by atoms with Crippen molar-refractivity contribution >= 4 is 72.2 Å². The lowest BCUT2D eigenvalue weighted by atomic mass is 9.92. The van der Waals surface area contributed by atoms with Crippen molar-refractivity contribution in [1.29, 1.82) is 0 Å². The third-order valence-electron chi connectivity index (χ3n) is 10.8. The van der Waals surface area contributed by atoms with Gasteiger partial charge in [-0.15, -0.1) is 0 Å². The summed E-state index contributed by atoms with van der Waals surface area (Å²) >= 11 is 0. The molecule has 0 bridgehead atoms. The molecule has 1 aliphatic carbocycles. The molecule has 1 unspecified atom stereocenters. The Bertz CT molecular complexity index is 2770. The van der Waals surface area contributed by atoms with Crippen LogP contribution in [0.15, 0.2) is 187 Å². The molecule has 0 N–H and O–H groups in total. The lowest BCUT2D eigenvalue weighted by molar-refractivity contribution is 0.717. The van der Waals surface area contributed by atoms with E-state index in [4.69, 9.17) is 11.6 Å². The maximum absolute atomic E-state index is 5.22. The van der Waals surface area contributed by atoms with E-state index >= 15 is 0 Å². The standard InChI is InChI=1S/C49H38N4/c1-33-13-12-15-38(29-33)44-32-52(47-22-11-9-20-43(47)50-44)53-45-21-10-8-19-41(45)42-31-36(24-25-46(42)53)37-27-28-51(39-16-4-3-5-17-39)48-26-23-35-14-6-7-18-40(35)49(48)34(2)30-37/h3-28,30-31,33H,2,29,32H2,1H3/b28-27-,37-30+. The minimum atomic E-state index is 0.495. The van der Waals surface area contributed by atoms with Crippen LogP contribution < -0.4 is 9.91 Å². The first kappa shape index (κ1) is 31.1. The molecular weight excluding hydrogens is 645 g/mol. The highest BCUT2D eigenvalue weighted by atomic mass is 15.6. The van der Waals surface area contributed by atoms with E-state index in [0.717, 1.165) is 62.7 Å². The van der Waals surface area contributed by atoms with Crippen molar-refractivity contribution in [3.8, 4) is 0 Å². The summed E-state index contributed by atoms with van der Waals surface area (Å²) in [5, 5.41) is 7.24. The topological polar surface area (TPSA) is 23.8 Å². The maximum Gasteiger partial charge on any atom is 0.0886 e. The van der Waals surface area contributed by atoms with Gasteiger partial charge in [0.2, 0.25) is 0 Å². The number of para-hydroxylation sites is 4. The monoisotopic (exact) mass is 682 g/mol. The molecule has 0 fully saturated rings. The molecule has 0 amide bonds. The molecule has 1 aromatic heterocycles. The van der Waals surface area contributed by atoms with Crippen LogP contribution in [0.5, 0.6) is 0 Å². The van der Waals surface area contributed by atoms with E-state index < -0.39 is 0 Å². The molecule has 0 saturated carbocycles. The predicted octanol–water partition coefficient (Wildman–Crippen LogP) is 12.6. The van der Waals surface area contributed by atoms with Crippen molar-refractivity contribution in [2.45, 2.75) is 13.3 Å². The number of fused-ring (bicyclic) bond motifs is 7. The van der Waals surface area contributed by atoms with Gasteiger partial charge in [-0.1, -0.05) is 117 Å². The Morgan fingerprint density at radius 3 is 2.38 bits per heavy atom. The third kappa shape index (κ3) is 5.25. The Balaban J connectivity index is 1.13. The average molecular weight is 683 g/mol. The van der Waals surface area contributed by atoms with Gasteiger partial charge in [-0.3, -0.25) is 9.69 Å². The summed E-state index contributed by atoms with van der Waals surface area (Å²) in [6.45, 7) is 7.66. The summed E-state index contributed by atoms with van der Waals surface area (Å²) in [6.07, 6.45) is 14.4. The fourth-order valence-corrected chi connectivity index (χ4v) is 8.32. The van der Waals surface area contributed by atoms with E-state index in [1.165, 1.54) is 32.6 Å². The van der Waals surface area contributed by atoms with Gasteiger partial charge in [-0.2, -0.15) is 0 Å². The Hall–Kier alpha value is -6.65. The van der Waals surface area contributed by atoms with Gasteiger partial charge in [-0.05, 0) is 106 Å². The molecule has 0 spiro atoms. The van der Waals surface area contributed by atoms with E-state index in [2.05, 4.69) is 192 Å². The first-order valence-corrected chi connectivity index (χ1v) is 18.4. The third-order valence-corrected chi connectivity index (χ3v) is 10.8. The number of anilines is 3. The fourth-order valence-electron chi connectivity index (χ4n) is 8.32. The largest absolute Gasteiger partial charge is 0.317 e. The van der Waals surface area contributed by atoms with Crippen LogP contribution in [0.3, 0.4) is 0 Å². The number of allylic oxidation sites excluding steroid dienone is 7. The molecule has 4 heteroatoms. The number of hydrogen-bond acceptors (Lipinski definition) is 3. The minimum Gasteiger partial charge on any atom is -0.317 e. The molecule has 7 aromatic rings. The number of aromatic nitrogens is 1. The fraction of sp³-hybridized carbons (Fsp3) is 0.0816. The first-order valence-electron chi connectivity index (χ1n) is 18.4. The van der Waals surface area contributed by atoms with Gasteiger partial charge in [0, 0.05) is 28.2 Å². The van der Waals surface area contributed by atoms with E-state index in [1.807, 2.05) is 0 Å². The zero-order chi connectivity index (χ0) is 35.5. The summed E-state index contributed by atoms with van der Waals surface area (Å²) in [4.78, 5) is 7.51. The maximum atomic E-state index is 5.22. The number of aliphatic imine (C=N–C) groups is 1. The average Bonchev–Trinajstić information content (AvgIpc) is 3.53. The zero-order valence-electron chi connectivity index (χ0n) is 29.7. The number of hydrogen-bond donors (Lipinski definition) is 0. The van der Waals surface area contributed by atoms with Crippen molar-refractivity contribution in [3.63, 3.8) is 0 Å². The van der Waals surface area contributed by atoms with Crippen LogP contribution in [0.2, 0.25) is 0 Å². The first-order chi connectivity index (χ1) is 26.1. The van der Waals surface area contributed by atoms with Crippen molar-refractivity contribution in [2.75, 3.05) is 16.5 Å². The van der Waals surface area contributed by atoms with Crippen LogP contribution in [0.25, 0.3) is 43.7 Å². The quantitative estimate of drug-likeness (QED) is 0.184. The van der Waals surface area contributed by atoms with E-state index in [-0.39, 0.29) is 0 Å². The molecular formula is C49H38N4. The van der Waals surface area contributed by atoms with Gasteiger partial charge in [0.25, 0.3) is 0 Å². The Morgan fingerprint density at radius 2 is 1.49 bits per heavy atom. The molecule has 4 nitrogen and oxygen atoms in total. The normalized spacial score (nSPS) is 18.5. The molecule has 3 aliphatic rings. The second-order valence-corrected chi connectivity index (χ2v) is 14.3. The molecule has 3 heterocycles. The molecule has 53 heavy (non-hydrogen) atoms. The highest BCUT2D eigenvalue weighted by molar-refractivity contribution is 6.12. The minimum absolute atomic E-state index is 0.495. The Morgan fingerprint density at radius 1 is 0.717 bits per heavy atom. The van der Waals surface area contributed by atoms with Crippen molar-refractivity contribution in [1.82, 2.24) is 4.68 Å². The molecule has 2 aliphatic heterocycles. The summed E-state index contributed by atoms with van der Waals surface area (Å²) in [6, 6.07) is 47.8. The lowest BCUT2D eigenvalue weighted by Gasteiger charge is -2.33. The molecule has 1 atom stereocenters. The molecule has 0 radical (unpaired) electrons. The van der Waals surface area contributed by atoms with Gasteiger partial charge in [0.1, 0.15) is 0 Å². The molecule has 10 rings (SSSR count). The lowest BCUT2D eigenvalue weighted by Crippen LogP contribution is -2.37. The summed E-state index contributed by atoms with van der Waals surface area (Å²) < 4.78 is 2.41.